The van der Waals surface area contributed by atoms with Gasteiger partial charge in [0.2, 0.25) is 11.8 Å². The van der Waals surface area contributed by atoms with Gasteiger partial charge in [-0.15, -0.1) is 11.3 Å². The summed E-state index contributed by atoms with van der Waals surface area (Å²) in [5.74, 6) is -0.541. The maximum Gasteiger partial charge on any atom is 0.248 e. The second-order valence-corrected chi connectivity index (χ2v) is 7.73. The van der Waals surface area contributed by atoms with E-state index >= 15 is 0 Å². The molecule has 0 spiro atoms. The van der Waals surface area contributed by atoms with Crippen LogP contribution in [0.25, 0.3) is 0 Å². The van der Waals surface area contributed by atoms with Crippen LogP contribution in [0.1, 0.15) is 21.7 Å². The van der Waals surface area contributed by atoms with Crippen molar-refractivity contribution in [3.8, 4) is 0 Å². The van der Waals surface area contributed by atoms with Gasteiger partial charge in [0.1, 0.15) is 0 Å². The average molecular weight is 396 g/mol. The lowest BCUT2D eigenvalue weighted by molar-refractivity contribution is -0.116. The summed E-state index contributed by atoms with van der Waals surface area (Å²) in [6.07, 6.45) is 0.403. The summed E-state index contributed by atoms with van der Waals surface area (Å²) in [4.78, 5) is 26.3. The van der Waals surface area contributed by atoms with Crippen LogP contribution in [-0.4, -0.2) is 30.3 Å². The van der Waals surface area contributed by atoms with Crippen LogP contribution in [0.3, 0.4) is 0 Å². The van der Waals surface area contributed by atoms with E-state index in [1.807, 2.05) is 13.1 Å². The van der Waals surface area contributed by atoms with Gasteiger partial charge in [0.25, 0.3) is 0 Å². The zero-order valence-corrected chi connectivity index (χ0v) is 15.1. The molecule has 2 rings (SSSR count). The number of amides is 2. The summed E-state index contributed by atoms with van der Waals surface area (Å²) >= 11 is 5.14. The van der Waals surface area contributed by atoms with Gasteiger partial charge in [-0.1, -0.05) is 0 Å². The fourth-order valence-electron chi connectivity index (χ4n) is 2.02. The van der Waals surface area contributed by atoms with Crippen LogP contribution < -0.4 is 11.1 Å². The Morgan fingerprint density at radius 2 is 1.91 bits per heavy atom. The van der Waals surface area contributed by atoms with E-state index in [1.54, 1.807) is 35.6 Å². The van der Waals surface area contributed by atoms with Crippen molar-refractivity contribution in [3.63, 3.8) is 0 Å². The molecule has 1 aromatic carbocycles. The quantitative estimate of drug-likeness (QED) is 0.756. The van der Waals surface area contributed by atoms with Crippen molar-refractivity contribution in [2.45, 2.75) is 13.0 Å². The largest absolute Gasteiger partial charge is 0.366 e. The minimum atomic E-state index is -0.482. The summed E-state index contributed by atoms with van der Waals surface area (Å²) in [7, 11) is 1.99. The third-order valence-electron chi connectivity index (χ3n) is 3.23. The Balaban J connectivity index is 1.77. The van der Waals surface area contributed by atoms with Gasteiger partial charge in [0.15, 0.2) is 0 Å². The van der Waals surface area contributed by atoms with Gasteiger partial charge in [-0.05, 0) is 59.4 Å². The van der Waals surface area contributed by atoms with E-state index < -0.39 is 5.91 Å². The predicted octanol–water partition coefficient (Wildman–Crippen LogP) is 3.07. The summed E-state index contributed by atoms with van der Waals surface area (Å²) < 4.78 is 1.11. The van der Waals surface area contributed by atoms with Gasteiger partial charge in [-0.3, -0.25) is 9.59 Å². The first kappa shape index (κ1) is 17.7. The molecule has 5 nitrogen and oxygen atoms in total. The van der Waals surface area contributed by atoms with Gasteiger partial charge in [0, 0.05) is 35.6 Å². The van der Waals surface area contributed by atoms with E-state index in [2.05, 4.69) is 32.2 Å². The van der Waals surface area contributed by atoms with Crippen LogP contribution in [0.4, 0.5) is 5.69 Å². The Kier molecular flexibility index (Phi) is 6.32. The molecule has 23 heavy (non-hydrogen) atoms. The van der Waals surface area contributed by atoms with E-state index in [0.717, 1.165) is 10.3 Å². The van der Waals surface area contributed by atoms with Gasteiger partial charge >= 0.3 is 0 Å². The molecular formula is C16H18BrN3O2S. The Morgan fingerprint density at radius 1 is 1.22 bits per heavy atom. The molecule has 0 bridgehead atoms. The molecule has 2 amide bonds. The summed E-state index contributed by atoms with van der Waals surface area (Å²) in [6, 6.07) is 10.6. The number of hydrogen-bond acceptors (Lipinski definition) is 4. The molecule has 0 aliphatic heterocycles. The highest BCUT2D eigenvalue weighted by molar-refractivity contribution is 9.11. The third-order valence-corrected chi connectivity index (χ3v) is 4.84. The van der Waals surface area contributed by atoms with Gasteiger partial charge in [-0.25, -0.2) is 0 Å². The van der Waals surface area contributed by atoms with E-state index in [1.165, 1.54) is 4.88 Å². The Labute approximate surface area is 147 Å². The molecule has 0 atom stereocenters. The molecule has 1 heterocycles. The topological polar surface area (TPSA) is 75.4 Å². The first-order chi connectivity index (χ1) is 10.9. The molecule has 0 aliphatic rings. The highest BCUT2D eigenvalue weighted by Crippen LogP contribution is 2.23. The van der Waals surface area contributed by atoms with Crippen molar-refractivity contribution >= 4 is 44.8 Å². The maximum absolute atomic E-state index is 12.0. The lowest BCUT2D eigenvalue weighted by Crippen LogP contribution is -2.23. The lowest BCUT2D eigenvalue weighted by atomic mass is 10.2. The van der Waals surface area contributed by atoms with E-state index in [4.69, 9.17) is 5.73 Å². The van der Waals surface area contributed by atoms with Crippen LogP contribution in [0, 0.1) is 0 Å². The van der Waals surface area contributed by atoms with Crippen molar-refractivity contribution in [3.05, 3.63) is 50.6 Å². The van der Waals surface area contributed by atoms with Crippen molar-refractivity contribution in [1.29, 1.82) is 0 Å². The fraction of sp³-hybridized carbons (Fsp3) is 0.250. The van der Waals surface area contributed by atoms with Crippen LogP contribution >= 0.6 is 27.3 Å². The lowest BCUT2D eigenvalue weighted by Gasteiger charge is -2.15. The second kappa shape index (κ2) is 8.24. The summed E-state index contributed by atoms with van der Waals surface area (Å²) in [5.41, 5.74) is 6.26. The minimum Gasteiger partial charge on any atom is -0.366 e. The second-order valence-electron chi connectivity index (χ2n) is 5.18. The van der Waals surface area contributed by atoms with Crippen LogP contribution in [0.15, 0.2) is 40.2 Å². The normalized spacial score (nSPS) is 10.7. The first-order valence-corrected chi connectivity index (χ1v) is 8.67. The van der Waals surface area contributed by atoms with Crippen molar-refractivity contribution < 1.29 is 9.59 Å². The number of nitrogens with zero attached hydrogens (tertiary/aromatic N) is 1. The van der Waals surface area contributed by atoms with Crippen molar-refractivity contribution in [2.75, 3.05) is 18.9 Å². The van der Waals surface area contributed by atoms with E-state index in [-0.39, 0.29) is 5.91 Å². The molecule has 122 valence electrons. The molecule has 0 unspecified atom stereocenters. The highest BCUT2D eigenvalue weighted by Gasteiger charge is 2.08. The Morgan fingerprint density at radius 3 is 2.48 bits per heavy atom. The highest BCUT2D eigenvalue weighted by atomic mass is 79.9. The van der Waals surface area contributed by atoms with Crippen LogP contribution in [0.2, 0.25) is 0 Å². The molecule has 0 fully saturated rings. The number of nitrogens with one attached hydrogen (secondary N) is 1. The molecule has 0 aliphatic carbocycles. The zero-order valence-electron chi connectivity index (χ0n) is 12.7. The molecule has 2 aromatic rings. The van der Waals surface area contributed by atoms with Crippen molar-refractivity contribution in [2.24, 2.45) is 5.73 Å². The van der Waals surface area contributed by atoms with Crippen LogP contribution in [0.5, 0.6) is 0 Å². The smallest absolute Gasteiger partial charge is 0.248 e. The summed E-state index contributed by atoms with van der Waals surface area (Å²) in [5, 5.41) is 2.81. The first-order valence-electron chi connectivity index (χ1n) is 7.06. The number of carbonyl (C=O) groups is 2. The van der Waals surface area contributed by atoms with Crippen molar-refractivity contribution in [1.82, 2.24) is 4.90 Å². The molecule has 0 saturated heterocycles. The standard InChI is InChI=1S/C16H18BrN3O2S/c1-20(10-13-6-7-14(17)23-13)9-8-15(21)19-12-4-2-11(3-5-12)16(18)22/h2-7H,8-10H2,1H3,(H2,18,22)(H,19,21). The van der Waals surface area contributed by atoms with Crippen LogP contribution in [-0.2, 0) is 11.3 Å². The number of benzene rings is 1. The number of halogens is 1. The number of primary amides is 1. The van der Waals surface area contributed by atoms with Gasteiger partial charge < -0.3 is 16.0 Å². The van der Waals surface area contributed by atoms with Gasteiger partial charge in [-0.2, -0.15) is 0 Å². The minimum absolute atomic E-state index is 0.0592. The number of thiophene rings is 1. The number of hydrogen-bond donors (Lipinski definition) is 2. The predicted molar refractivity (Wildman–Crippen MR) is 96.6 cm³/mol. The Bertz CT molecular complexity index is 685. The van der Waals surface area contributed by atoms with Gasteiger partial charge in [0.05, 0.1) is 3.79 Å². The maximum atomic E-state index is 12.0. The number of rotatable bonds is 7. The zero-order chi connectivity index (χ0) is 16.8. The fourth-order valence-corrected chi connectivity index (χ4v) is 3.58. The Hall–Kier alpha value is -1.70. The molecular weight excluding hydrogens is 378 g/mol. The van der Waals surface area contributed by atoms with E-state index in [0.29, 0.717) is 24.2 Å². The number of anilines is 1. The number of nitrogens with two attached hydrogens (primary N) is 1. The van der Waals surface area contributed by atoms with E-state index in [9.17, 15) is 9.59 Å². The molecule has 0 radical (unpaired) electrons. The molecule has 0 saturated carbocycles. The summed E-state index contributed by atoms with van der Waals surface area (Å²) in [6.45, 7) is 1.48. The molecule has 7 heteroatoms. The number of carbonyl (C=O) groups excluding carboxylic acids is 2. The molecule has 3 N–H and O–H groups in total. The third kappa shape index (κ3) is 5.78. The average Bonchev–Trinajstić information content (AvgIpc) is 2.91. The monoisotopic (exact) mass is 395 g/mol. The molecule has 1 aromatic heterocycles. The SMILES string of the molecule is CN(CCC(=O)Nc1ccc(C(N)=O)cc1)Cc1ccc(Br)s1.